The number of nitrogens with one attached hydrogen (secondary N) is 3. The van der Waals surface area contributed by atoms with Crippen LogP contribution in [0.5, 0.6) is 0 Å². The molecule has 5 heteroatoms. The van der Waals surface area contributed by atoms with Crippen LogP contribution in [-0.4, -0.2) is 54.6 Å². The zero-order valence-corrected chi connectivity index (χ0v) is 18.2. The largest absolute Gasteiger partial charge is 0.361 e. The van der Waals surface area contributed by atoms with E-state index in [4.69, 9.17) is 4.99 Å². The lowest BCUT2D eigenvalue weighted by Gasteiger charge is -2.21. The third-order valence-corrected chi connectivity index (χ3v) is 5.28. The lowest BCUT2D eigenvalue weighted by atomic mass is 10.1. The van der Waals surface area contributed by atoms with E-state index < -0.39 is 0 Å². The summed E-state index contributed by atoms with van der Waals surface area (Å²) in [5.41, 5.74) is 2.60. The zero-order valence-electron chi connectivity index (χ0n) is 18.2. The predicted molar refractivity (Wildman–Crippen MR) is 122 cm³/mol. The number of aromatic amines is 1. The molecule has 0 spiro atoms. The lowest BCUT2D eigenvalue weighted by Crippen LogP contribution is -2.42. The van der Waals surface area contributed by atoms with E-state index in [2.05, 4.69) is 78.7 Å². The van der Waals surface area contributed by atoms with Crippen molar-refractivity contribution in [1.82, 2.24) is 20.5 Å². The van der Waals surface area contributed by atoms with Crippen molar-refractivity contribution in [3.8, 4) is 0 Å². The molecule has 0 fully saturated rings. The second-order valence-corrected chi connectivity index (χ2v) is 7.44. The Labute approximate surface area is 171 Å². The van der Waals surface area contributed by atoms with Crippen LogP contribution in [0.3, 0.4) is 0 Å². The van der Waals surface area contributed by atoms with Crippen molar-refractivity contribution in [3.05, 3.63) is 36.0 Å². The molecular weight excluding hydrogens is 346 g/mol. The number of rotatable bonds is 12. The molecule has 0 bridgehead atoms. The number of benzene rings is 1. The van der Waals surface area contributed by atoms with Crippen LogP contribution in [0.15, 0.2) is 35.5 Å². The highest BCUT2D eigenvalue weighted by atomic mass is 15.2. The average molecular weight is 386 g/mol. The van der Waals surface area contributed by atoms with Crippen LogP contribution in [0.25, 0.3) is 10.9 Å². The third kappa shape index (κ3) is 7.19. The van der Waals surface area contributed by atoms with Gasteiger partial charge in [0.1, 0.15) is 0 Å². The molecule has 1 heterocycles. The molecule has 0 aliphatic heterocycles. The van der Waals surface area contributed by atoms with Crippen molar-refractivity contribution >= 4 is 16.9 Å². The summed E-state index contributed by atoms with van der Waals surface area (Å²) >= 11 is 0. The summed E-state index contributed by atoms with van der Waals surface area (Å²) in [5.74, 6) is 0.941. The van der Waals surface area contributed by atoms with Gasteiger partial charge in [0.05, 0.1) is 0 Å². The van der Waals surface area contributed by atoms with E-state index in [1.54, 1.807) is 0 Å². The molecule has 2 rings (SSSR count). The first-order valence-corrected chi connectivity index (χ1v) is 11.0. The van der Waals surface area contributed by atoms with Crippen LogP contribution >= 0.6 is 0 Å². The summed E-state index contributed by atoms with van der Waals surface area (Å²) < 4.78 is 0. The minimum atomic E-state index is 0.432. The molecule has 0 radical (unpaired) electrons. The van der Waals surface area contributed by atoms with Gasteiger partial charge < -0.3 is 20.5 Å². The molecule has 1 unspecified atom stereocenters. The molecule has 0 aliphatic rings. The molecule has 2 aromatic rings. The smallest absolute Gasteiger partial charge is 0.191 e. The number of aliphatic imine (C=N–C) groups is 1. The van der Waals surface area contributed by atoms with Crippen LogP contribution in [0.2, 0.25) is 0 Å². The first kappa shape index (κ1) is 22.3. The number of aromatic nitrogens is 1. The number of para-hydroxylation sites is 1. The monoisotopic (exact) mass is 385 g/mol. The van der Waals surface area contributed by atoms with Gasteiger partial charge in [-0.1, -0.05) is 32.0 Å². The second kappa shape index (κ2) is 12.4. The van der Waals surface area contributed by atoms with Gasteiger partial charge in [0.25, 0.3) is 0 Å². The first-order chi connectivity index (χ1) is 13.7. The van der Waals surface area contributed by atoms with Crippen molar-refractivity contribution in [2.45, 2.75) is 59.4 Å². The van der Waals surface area contributed by atoms with Crippen molar-refractivity contribution < 1.29 is 0 Å². The topological polar surface area (TPSA) is 55.5 Å². The van der Waals surface area contributed by atoms with Gasteiger partial charge in [0.2, 0.25) is 0 Å². The highest BCUT2D eigenvalue weighted by Gasteiger charge is 2.07. The van der Waals surface area contributed by atoms with E-state index in [0.29, 0.717) is 6.04 Å². The fourth-order valence-corrected chi connectivity index (χ4v) is 3.59. The highest BCUT2D eigenvalue weighted by molar-refractivity contribution is 5.83. The number of hydrogen-bond donors (Lipinski definition) is 3. The Morgan fingerprint density at radius 1 is 1.14 bits per heavy atom. The normalized spacial score (nSPS) is 13.2. The maximum atomic E-state index is 4.78. The molecule has 0 saturated heterocycles. The molecular formula is C23H39N5. The standard InChI is InChI=1S/C23H39N5/c1-5-24-23(27-19(4)12-11-17-28(6-2)7-3)25-16-10-13-20-18-26-22-15-9-8-14-21(20)22/h8-9,14-15,18-19,26H,5-7,10-13,16-17H2,1-4H3,(H2,24,25,27). The van der Waals surface area contributed by atoms with Gasteiger partial charge in [-0.2, -0.15) is 0 Å². The summed E-state index contributed by atoms with van der Waals surface area (Å²) in [6.07, 6.45) is 6.61. The van der Waals surface area contributed by atoms with E-state index in [9.17, 15) is 0 Å². The SMILES string of the molecule is CCNC(=NCCCc1c[nH]c2ccccc12)NC(C)CCCN(CC)CC. The maximum absolute atomic E-state index is 4.78. The molecule has 0 amide bonds. The van der Waals surface area contributed by atoms with Crippen molar-refractivity contribution in [3.63, 3.8) is 0 Å². The van der Waals surface area contributed by atoms with Crippen LogP contribution < -0.4 is 10.6 Å². The fraction of sp³-hybridized carbons (Fsp3) is 0.609. The molecule has 5 nitrogen and oxygen atoms in total. The summed E-state index contributed by atoms with van der Waals surface area (Å²) in [7, 11) is 0. The molecule has 1 atom stereocenters. The lowest BCUT2D eigenvalue weighted by molar-refractivity contribution is 0.292. The number of H-pyrrole nitrogens is 1. The molecule has 0 saturated carbocycles. The third-order valence-electron chi connectivity index (χ3n) is 5.28. The van der Waals surface area contributed by atoms with E-state index in [1.807, 2.05) is 0 Å². The van der Waals surface area contributed by atoms with E-state index >= 15 is 0 Å². The Bertz CT molecular complexity index is 702. The Morgan fingerprint density at radius 2 is 1.93 bits per heavy atom. The Morgan fingerprint density at radius 3 is 2.68 bits per heavy atom. The van der Waals surface area contributed by atoms with Crippen molar-refractivity contribution in [2.75, 3.05) is 32.7 Å². The predicted octanol–water partition coefficient (Wildman–Crippen LogP) is 4.17. The van der Waals surface area contributed by atoms with Crippen LogP contribution in [0.1, 0.15) is 52.5 Å². The van der Waals surface area contributed by atoms with Crippen LogP contribution in [-0.2, 0) is 6.42 Å². The number of hydrogen-bond acceptors (Lipinski definition) is 2. The molecule has 0 aliphatic carbocycles. The van der Waals surface area contributed by atoms with Crippen LogP contribution in [0, 0.1) is 0 Å². The van der Waals surface area contributed by atoms with Gasteiger partial charge in [0, 0.05) is 36.2 Å². The number of guanidine groups is 1. The van der Waals surface area contributed by atoms with Crippen molar-refractivity contribution in [2.24, 2.45) is 4.99 Å². The zero-order chi connectivity index (χ0) is 20.2. The summed E-state index contributed by atoms with van der Waals surface area (Å²) in [4.78, 5) is 10.6. The fourth-order valence-electron chi connectivity index (χ4n) is 3.59. The Hall–Kier alpha value is -2.01. The number of aryl methyl sites for hydroxylation is 1. The van der Waals surface area contributed by atoms with Gasteiger partial charge in [-0.3, -0.25) is 4.99 Å². The molecule has 156 valence electrons. The van der Waals surface area contributed by atoms with Crippen LogP contribution in [0.4, 0.5) is 0 Å². The number of nitrogens with zero attached hydrogens (tertiary/aromatic N) is 2. The summed E-state index contributed by atoms with van der Waals surface area (Å²) in [6, 6.07) is 8.93. The Balaban J connectivity index is 1.76. The van der Waals surface area contributed by atoms with Gasteiger partial charge in [-0.05, 0) is 70.8 Å². The highest BCUT2D eigenvalue weighted by Crippen LogP contribution is 2.18. The van der Waals surface area contributed by atoms with E-state index in [-0.39, 0.29) is 0 Å². The van der Waals surface area contributed by atoms with E-state index in [1.165, 1.54) is 29.4 Å². The van der Waals surface area contributed by atoms with Gasteiger partial charge >= 0.3 is 0 Å². The summed E-state index contributed by atoms with van der Waals surface area (Å²) in [5, 5.41) is 8.28. The molecule has 28 heavy (non-hydrogen) atoms. The summed E-state index contributed by atoms with van der Waals surface area (Å²) in [6.45, 7) is 14.0. The van der Waals surface area contributed by atoms with Gasteiger partial charge in [-0.25, -0.2) is 0 Å². The quantitative estimate of drug-likeness (QED) is 0.292. The molecule has 3 N–H and O–H groups in total. The number of fused-ring (bicyclic) bond motifs is 1. The molecule has 1 aromatic carbocycles. The maximum Gasteiger partial charge on any atom is 0.191 e. The van der Waals surface area contributed by atoms with Crippen molar-refractivity contribution in [1.29, 1.82) is 0 Å². The van der Waals surface area contributed by atoms with E-state index in [0.717, 1.165) is 51.4 Å². The minimum Gasteiger partial charge on any atom is -0.361 e. The van der Waals surface area contributed by atoms with Gasteiger partial charge in [-0.15, -0.1) is 0 Å². The van der Waals surface area contributed by atoms with Gasteiger partial charge in [0.15, 0.2) is 5.96 Å². The minimum absolute atomic E-state index is 0.432. The molecule has 1 aromatic heterocycles. The second-order valence-electron chi connectivity index (χ2n) is 7.44. The average Bonchev–Trinajstić information content (AvgIpc) is 3.12. The Kier molecular flexibility index (Phi) is 9.91. The first-order valence-electron chi connectivity index (χ1n) is 11.0.